The van der Waals surface area contributed by atoms with Crippen molar-refractivity contribution in [3.63, 3.8) is 0 Å². The number of likely N-dealkylation sites (tertiary alicyclic amines) is 1. The van der Waals surface area contributed by atoms with E-state index in [2.05, 4.69) is 22.3 Å². The molecule has 1 aliphatic heterocycles. The smallest absolute Gasteiger partial charge is 0.407 e. The van der Waals surface area contributed by atoms with Gasteiger partial charge in [-0.2, -0.15) is 0 Å². The molecule has 0 spiro atoms. The molecule has 1 saturated heterocycles. The van der Waals surface area contributed by atoms with Crippen LogP contribution in [-0.2, 0) is 11.3 Å². The van der Waals surface area contributed by atoms with Gasteiger partial charge < -0.3 is 10.1 Å². The Morgan fingerprint density at radius 1 is 1.29 bits per heavy atom. The lowest BCUT2D eigenvalue weighted by Gasteiger charge is -2.41. The lowest BCUT2D eigenvalue weighted by molar-refractivity contribution is 0.0202. The molecule has 1 heterocycles. The van der Waals surface area contributed by atoms with Crippen molar-refractivity contribution in [2.45, 2.75) is 64.0 Å². The van der Waals surface area contributed by atoms with Crippen LogP contribution in [0.4, 0.5) is 9.18 Å². The topological polar surface area (TPSA) is 41.6 Å². The van der Waals surface area contributed by atoms with Crippen molar-refractivity contribution in [3.05, 3.63) is 35.9 Å². The van der Waals surface area contributed by atoms with Gasteiger partial charge in [-0.25, -0.2) is 9.18 Å². The van der Waals surface area contributed by atoms with Crippen LogP contribution in [0.1, 0.15) is 39.2 Å². The van der Waals surface area contributed by atoms with Gasteiger partial charge in [0.05, 0.1) is 6.04 Å². The molecule has 5 heteroatoms. The van der Waals surface area contributed by atoms with Gasteiger partial charge in [-0.3, -0.25) is 4.90 Å². The number of piperidine rings is 1. The zero-order valence-corrected chi connectivity index (χ0v) is 14.7. The molecule has 1 aromatic rings. The number of hydrogen-bond donors (Lipinski definition) is 1. The summed E-state index contributed by atoms with van der Waals surface area (Å²) in [5.74, 6) is -0.102. The van der Waals surface area contributed by atoms with Crippen molar-refractivity contribution in [3.8, 4) is 0 Å². The highest BCUT2D eigenvalue weighted by atomic mass is 19.1. The highest BCUT2D eigenvalue weighted by Gasteiger charge is 2.49. The number of fused-ring (bicyclic) bond motifs is 2. The summed E-state index contributed by atoms with van der Waals surface area (Å²) in [5, 5.41) is 2.91. The minimum atomic E-state index is -0.887. The standard InChI is InChI=1S/C19H27FN2O2/c1-19(2,3)24-18(23)21-15-12-22(11-13-7-5-4-6-8-13)16-10-9-14(15)17(16)20/h4-8,14-17H,9-12H2,1-3H3,(H,21,23)/t14-,15-,16?,17-/m0/s1. The van der Waals surface area contributed by atoms with Gasteiger partial charge in [0, 0.05) is 25.0 Å². The summed E-state index contributed by atoms with van der Waals surface area (Å²) in [6, 6.07) is 9.87. The maximum Gasteiger partial charge on any atom is 0.407 e. The quantitative estimate of drug-likeness (QED) is 0.920. The van der Waals surface area contributed by atoms with Crippen molar-refractivity contribution in [2.75, 3.05) is 6.54 Å². The largest absolute Gasteiger partial charge is 0.444 e. The van der Waals surface area contributed by atoms with E-state index in [0.29, 0.717) is 13.1 Å². The summed E-state index contributed by atoms with van der Waals surface area (Å²) >= 11 is 0. The molecule has 1 N–H and O–H groups in total. The van der Waals surface area contributed by atoms with Gasteiger partial charge in [0.25, 0.3) is 0 Å². The number of hydrogen-bond acceptors (Lipinski definition) is 3. The van der Waals surface area contributed by atoms with E-state index in [-0.39, 0.29) is 18.0 Å². The molecule has 4 atom stereocenters. The van der Waals surface area contributed by atoms with Crippen LogP contribution in [0.5, 0.6) is 0 Å². The van der Waals surface area contributed by atoms with Crippen LogP contribution >= 0.6 is 0 Å². The number of alkyl halides is 1. The molecule has 1 aromatic carbocycles. The normalized spacial score (nSPS) is 30.2. The summed E-state index contributed by atoms with van der Waals surface area (Å²) in [6.45, 7) is 6.88. The predicted molar refractivity (Wildman–Crippen MR) is 91.4 cm³/mol. The highest BCUT2D eigenvalue weighted by molar-refractivity contribution is 5.68. The fourth-order valence-corrected chi connectivity index (χ4v) is 3.91. The van der Waals surface area contributed by atoms with E-state index in [0.717, 1.165) is 12.8 Å². The lowest BCUT2D eigenvalue weighted by atomic mass is 9.91. The van der Waals surface area contributed by atoms with Crippen molar-refractivity contribution >= 4 is 6.09 Å². The SMILES string of the molecule is CC(C)(C)OC(=O)N[C@H]1CN(Cc2ccccc2)C2CC[C@@H]1[C@@H]2F. The zero-order valence-electron chi connectivity index (χ0n) is 14.7. The summed E-state index contributed by atoms with van der Waals surface area (Å²) in [7, 11) is 0. The summed E-state index contributed by atoms with van der Waals surface area (Å²) < 4.78 is 20.1. The molecule has 1 amide bonds. The minimum Gasteiger partial charge on any atom is -0.444 e. The van der Waals surface area contributed by atoms with Crippen LogP contribution in [0.15, 0.2) is 30.3 Å². The van der Waals surface area contributed by atoms with Gasteiger partial charge in [-0.05, 0) is 39.2 Å². The average Bonchev–Trinajstić information content (AvgIpc) is 2.76. The van der Waals surface area contributed by atoms with E-state index >= 15 is 0 Å². The maximum absolute atomic E-state index is 14.8. The van der Waals surface area contributed by atoms with Crippen LogP contribution in [0.3, 0.4) is 0 Å². The summed E-state index contributed by atoms with van der Waals surface area (Å²) in [4.78, 5) is 14.3. The first kappa shape index (κ1) is 17.2. The monoisotopic (exact) mass is 334 g/mol. The van der Waals surface area contributed by atoms with Gasteiger partial charge >= 0.3 is 6.09 Å². The molecule has 3 rings (SSSR count). The molecule has 1 saturated carbocycles. The van der Waals surface area contributed by atoms with Crippen LogP contribution < -0.4 is 5.32 Å². The molecule has 132 valence electrons. The van der Waals surface area contributed by atoms with E-state index < -0.39 is 17.9 Å². The Morgan fingerprint density at radius 2 is 2.00 bits per heavy atom. The molecular weight excluding hydrogens is 307 g/mol. The van der Waals surface area contributed by atoms with E-state index in [1.807, 2.05) is 39.0 Å². The fraction of sp³-hybridized carbons (Fsp3) is 0.632. The Morgan fingerprint density at radius 3 is 2.67 bits per heavy atom. The third kappa shape index (κ3) is 3.89. The summed E-state index contributed by atoms with van der Waals surface area (Å²) in [6.07, 6.45) is 0.329. The van der Waals surface area contributed by atoms with E-state index in [1.165, 1.54) is 5.56 Å². The van der Waals surface area contributed by atoms with E-state index in [4.69, 9.17) is 4.74 Å². The first-order valence-electron chi connectivity index (χ1n) is 8.75. The number of amides is 1. The number of nitrogens with one attached hydrogen (secondary N) is 1. The van der Waals surface area contributed by atoms with Crippen molar-refractivity contribution in [1.82, 2.24) is 10.2 Å². The van der Waals surface area contributed by atoms with E-state index in [9.17, 15) is 9.18 Å². The van der Waals surface area contributed by atoms with E-state index in [1.54, 1.807) is 0 Å². The Kier molecular flexibility index (Phi) is 4.81. The van der Waals surface area contributed by atoms with Gasteiger partial charge in [-0.15, -0.1) is 0 Å². The second kappa shape index (κ2) is 6.71. The second-order valence-electron chi connectivity index (χ2n) is 7.92. The summed E-state index contributed by atoms with van der Waals surface area (Å²) in [5.41, 5.74) is 0.626. The Labute approximate surface area is 143 Å². The first-order valence-corrected chi connectivity index (χ1v) is 8.75. The average molecular weight is 334 g/mol. The van der Waals surface area contributed by atoms with Gasteiger partial charge in [0.2, 0.25) is 0 Å². The minimum absolute atomic E-state index is 0.0353. The zero-order chi connectivity index (χ0) is 17.3. The molecule has 2 bridgehead atoms. The maximum atomic E-state index is 14.8. The van der Waals surface area contributed by atoms with Crippen LogP contribution in [-0.4, -0.2) is 41.4 Å². The first-order chi connectivity index (χ1) is 11.3. The number of benzene rings is 1. The molecule has 2 fully saturated rings. The lowest BCUT2D eigenvalue weighted by Crippen LogP contribution is -2.58. The molecular formula is C19H27FN2O2. The van der Waals surface area contributed by atoms with Gasteiger partial charge in [0.1, 0.15) is 11.8 Å². The van der Waals surface area contributed by atoms with Crippen LogP contribution in [0.25, 0.3) is 0 Å². The van der Waals surface area contributed by atoms with Crippen molar-refractivity contribution in [2.24, 2.45) is 5.92 Å². The third-order valence-corrected chi connectivity index (χ3v) is 4.92. The third-order valence-electron chi connectivity index (χ3n) is 4.92. The molecule has 0 radical (unpaired) electrons. The number of rotatable bonds is 3. The number of halogens is 1. The molecule has 4 nitrogen and oxygen atoms in total. The molecule has 1 aliphatic carbocycles. The van der Waals surface area contributed by atoms with Gasteiger partial charge in [0.15, 0.2) is 0 Å². The fourth-order valence-electron chi connectivity index (χ4n) is 3.91. The number of ether oxygens (including phenoxy) is 1. The molecule has 1 unspecified atom stereocenters. The Hall–Kier alpha value is -1.62. The molecule has 24 heavy (non-hydrogen) atoms. The van der Waals surface area contributed by atoms with Crippen LogP contribution in [0, 0.1) is 5.92 Å². The van der Waals surface area contributed by atoms with Gasteiger partial charge in [-0.1, -0.05) is 30.3 Å². The molecule has 0 aromatic heterocycles. The number of carbonyl (C=O) groups excluding carboxylic acids is 1. The van der Waals surface area contributed by atoms with Crippen molar-refractivity contribution < 1.29 is 13.9 Å². The second-order valence-corrected chi connectivity index (χ2v) is 7.92. The number of alkyl carbamates (subject to hydrolysis) is 1. The number of carbonyl (C=O) groups is 1. The van der Waals surface area contributed by atoms with Crippen molar-refractivity contribution in [1.29, 1.82) is 0 Å². The predicted octanol–water partition coefficient (Wildman–Crippen LogP) is 3.51. The number of nitrogens with zero attached hydrogens (tertiary/aromatic N) is 1. The Bertz CT molecular complexity index is 572. The Balaban J connectivity index is 1.68. The molecule has 2 aliphatic rings. The van der Waals surface area contributed by atoms with Crippen LogP contribution in [0.2, 0.25) is 0 Å². The highest BCUT2D eigenvalue weighted by Crippen LogP contribution is 2.39.